The first-order valence-corrected chi connectivity index (χ1v) is 9.24. The van der Waals surface area contributed by atoms with Gasteiger partial charge in [0.05, 0.1) is 12.6 Å². The fourth-order valence-corrected chi connectivity index (χ4v) is 3.96. The molecule has 0 aliphatic carbocycles. The maximum atomic E-state index is 5.20. The molecule has 0 aliphatic rings. The number of aryl methyl sites for hydroxylation is 2. The number of nitrogens with zero attached hydrogens (tertiary/aromatic N) is 3. The van der Waals surface area contributed by atoms with Gasteiger partial charge in [-0.1, -0.05) is 42.1 Å². The van der Waals surface area contributed by atoms with Gasteiger partial charge in [0.15, 0.2) is 10.8 Å². The molecule has 0 spiro atoms. The molecule has 0 aliphatic heterocycles. The summed E-state index contributed by atoms with van der Waals surface area (Å²) < 4.78 is 7.36. The van der Waals surface area contributed by atoms with Crippen LogP contribution in [0.2, 0.25) is 0 Å². The van der Waals surface area contributed by atoms with Crippen LogP contribution in [0.25, 0.3) is 16.6 Å². The molecule has 0 bridgehead atoms. The third kappa shape index (κ3) is 3.07. The number of ether oxygens (including phenoxy) is 1. The molecular weight excluding hydrogens is 330 g/mol. The lowest BCUT2D eigenvalue weighted by Gasteiger charge is -2.07. The standard InChI is InChI=1S/C20H19N3OS/c1-14-13-19-21-22-20(23(19)18-6-4-3-5-17(14)18)25-12-11-15-7-9-16(24-2)10-8-15/h3-10,13H,11-12H2,1-2H3. The van der Waals surface area contributed by atoms with E-state index in [-0.39, 0.29) is 0 Å². The van der Waals surface area contributed by atoms with Crippen molar-refractivity contribution in [2.24, 2.45) is 0 Å². The number of aromatic nitrogens is 3. The minimum absolute atomic E-state index is 0.890. The van der Waals surface area contributed by atoms with Crippen LogP contribution in [0.4, 0.5) is 0 Å². The maximum Gasteiger partial charge on any atom is 0.196 e. The molecule has 0 saturated heterocycles. The molecule has 0 saturated carbocycles. The smallest absolute Gasteiger partial charge is 0.196 e. The highest BCUT2D eigenvalue weighted by Crippen LogP contribution is 2.26. The van der Waals surface area contributed by atoms with Crippen molar-refractivity contribution in [1.29, 1.82) is 0 Å². The van der Waals surface area contributed by atoms with Gasteiger partial charge in [-0.05, 0) is 48.7 Å². The van der Waals surface area contributed by atoms with E-state index >= 15 is 0 Å². The van der Waals surface area contributed by atoms with E-state index in [4.69, 9.17) is 4.74 Å². The van der Waals surface area contributed by atoms with Gasteiger partial charge in [-0.2, -0.15) is 0 Å². The second kappa shape index (κ2) is 6.76. The number of methoxy groups -OCH3 is 1. The Morgan fingerprint density at radius 1 is 1.04 bits per heavy atom. The monoisotopic (exact) mass is 349 g/mol. The van der Waals surface area contributed by atoms with Crippen molar-refractivity contribution in [3.05, 3.63) is 65.7 Å². The first-order valence-electron chi connectivity index (χ1n) is 8.25. The first kappa shape index (κ1) is 16.0. The molecule has 0 atom stereocenters. The molecule has 2 aromatic heterocycles. The largest absolute Gasteiger partial charge is 0.497 e. The Morgan fingerprint density at radius 2 is 1.84 bits per heavy atom. The van der Waals surface area contributed by atoms with Gasteiger partial charge >= 0.3 is 0 Å². The Bertz CT molecular complexity index is 1020. The van der Waals surface area contributed by atoms with Crippen LogP contribution in [0.15, 0.2) is 59.8 Å². The van der Waals surface area contributed by atoms with Gasteiger partial charge in [-0.15, -0.1) is 10.2 Å². The number of hydrogen-bond acceptors (Lipinski definition) is 4. The third-order valence-corrected chi connectivity index (χ3v) is 5.29. The van der Waals surface area contributed by atoms with E-state index in [1.807, 2.05) is 12.1 Å². The highest BCUT2D eigenvalue weighted by molar-refractivity contribution is 7.99. The van der Waals surface area contributed by atoms with E-state index in [0.29, 0.717) is 0 Å². The van der Waals surface area contributed by atoms with Gasteiger partial charge in [0.1, 0.15) is 5.75 Å². The highest BCUT2D eigenvalue weighted by Gasteiger charge is 2.11. The summed E-state index contributed by atoms with van der Waals surface area (Å²) in [5.74, 6) is 1.84. The molecule has 4 nitrogen and oxygen atoms in total. The van der Waals surface area contributed by atoms with Crippen LogP contribution in [-0.2, 0) is 6.42 Å². The Kier molecular flexibility index (Phi) is 4.32. The quantitative estimate of drug-likeness (QED) is 0.496. The van der Waals surface area contributed by atoms with Gasteiger partial charge in [0.2, 0.25) is 0 Å². The predicted octanol–water partition coefficient (Wildman–Crippen LogP) is 4.53. The number of fused-ring (bicyclic) bond motifs is 3. The molecule has 0 N–H and O–H groups in total. The Morgan fingerprint density at radius 3 is 2.64 bits per heavy atom. The topological polar surface area (TPSA) is 39.4 Å². The zero-order valence-electron chi connectivity index (χ0n) is 14.3. The molecule has 126 valence electrons. The number of hydrogen-bond donors (Lipinski definition) is 0. The van der Waals surface area contributed by atoms with Crippen LogP contribution in [0.5, 0.6) is 5.75 Å². The van der Waals surface area contributed by atoms with Gasteiger partial charge in [-0.25, -0.2) is 0 Å². The van der Waals surface area contributed by atoms with E-state index in [1.54, 1.807) is 18.9 Å². The average molecular weight is 349 g/mol. The fraction of sp³-hybridized carbons (Fsp3) is 0.200. The molecular formula is C20H19N3OS. The number of benzene rings is 2. The van der Waals surface area contributed by atoms with Crippen molar-refractivity contribution < 1.29 is 4.74 Å². The summed E-state index contributed by atoms with van der Waals surface area (Å²) in [6, 6.07) is 18.7. The zero-order valence-corrected chi connectivity index (χ0v) is 15.1. The number of para-hydroxylation sites is 1. The summed E-state index contributed by atoms with van der Waals surface area (Å²) in [6.07, 6.45) is 0.980. The van der Waals surface area contributed by atoms with Gasteiger partial charge < -0.3 is 4.74 Å². The lowest BCUT2D eigenvalue weighted by atomic mass is 10.1. The van der Waals surface area contributed by atoms with E-state index in [1.165, 1.54) is 16.5 Å². The fourth-order valence-electron chi connectivity index (χ4n) is 3.02. The van der Waals surface area contributed by atoms with Crippen molar-refractivity contribution in [2.75, 3.05) is 12.9 Å². The summed E-state index contributed by atoms with van der Waals surface area (Å²) in [5, 5.41) is 10.9. The average Bonchev–Trinajstić information content (AvgIpc) is 3.05. The van der Waals surface area contributed by atoms with Gasteiger partial charge in [0.25, 0.3) is 0 Å². The molecule has 2 aromatic carbocycles. The predicted molar refractivity (Wildman–Crippen MR) is 103 cm³/mol. The van der Waals surface area contributed by atoms with Crippen LogP contribution in [0.3, 0.4) is 0 Å². The van der Waals surface area contributed by atoms with Crippen LogP contribution < -0.4 is 4.74 Å². The molecule has 4 aromatic rings. The van der Waals surface area contributed by atoms with Crippen molar-refractivity contribution in [3.8, 4) is 5.75 Å². The second-order valence-corrected chi connectivity index (χ2v) is 7.03. The second-order valence-electron chi connectivity index (χ2n) is 5.97. The SMILES string of the molecule is COc1ccc(CCSc2nnc3cc(C)c4ccccc4n23)cc1. The molecule has 0 radical (unpaired) electrons. The molecule has 0 fully saturated rings. The number of thioether (sulfide) groups is 1. The van der Waals surface area contributed by atoms with E-state index in [2.05, 4.69) is 64.0 Å². The van der Waals surface area contributed by atoms with E-state index < -0.39 is 0 Å². The molecule has 0 unspecified atom stereocenters. The minimum Gasteiger partial charge on any atom is -0.497 e. The van der Waals surface area contributed by atoms with Crippen molar-refractivity contribution in [2.45, 2.75) is 18.5 Å². The summed E-state index contributed by atoms with van der Waals surface area (Å²) in [4.78, 5) is 0. The van der Waals surface area contributed by atoms with Gasteiger partial charge in [-0.3, -0.25) is 4.40 Å². The Hall–Kier alpha value is -2.53. The number of pyridine rings is 1. The number of rotatable bonds is 5. The lowest BCUT2D eigenvalue weighted by Crippen LogP contribution is -1.95. The van der Waals surface area contributed by atoms with Crippen molar-refractivity contribution in [1.82, 2.24) is 14.6 Å². The Labute approximate surface area is 150 Å². The van der Waals surface area contributed by atoms with Crippen molar-refractivity contribution >= 4 is 28.3 Å². The summed E-state index contributed by atoms with van der Waals surface area (Å²) in [6.45, 7) is 2.12. The molecule has 25 heavy (non-hydrogen) atoms. The minimum atomic E-state index is 0.890. The third-order valence-electron chi connectivity index (χ3n) is 4.35. The summed E-state index contributed by atoms with van der Waals surface area (Å²) in [7, 11) is 1.69. The Balaban J connectivity index is 1.58. The maximum absolute atomic E-state index is 5.20. The van der Waals surface area contributed by atoms with Crippen LogP contribution >= 0.6 is 11.8 Å². The van der Waals surface area contributed by atoms with E-state index in [0.717, 1.165) is 34.2 Å². The molecule has 4 rings (SSSR count). The molecule has 2 heterocycles. The van der Waals surface area contributed by atoms with Gasteiger partial charge in [0, 0.05) is 11.1 Å². The van der Waals surface area contributed by atoms with Crippen LogP contribution in [-0.4, -0.2) is 27.5 Å². The molecule has 0 amide bonds. The molecule has 5 heteroatoms. The summed E-state index contributed by atoms with van der Waals surface area (Å²) in [5.41, 5.74) is 4.59. The van der Waals surface area contributed by atoms with Crippen molar-refractivity contribution in [3.63, 3.8) is 0 Å². The summed E-state index contributed by atoms with van der Waals surface area (Å²) >= 11 is 1.74. The lowest BCUT2D eigenvalue weighted by molar-refractivity contribution is 0.414. The van der Waals surface area contributed by atoms with Crippen LogP contribution in [0, 0.1) is 6.92 Å². The normalized spacial score (nSPS) is 11.3. The van der Waals surface area contributed by atoms with Crippen LogP contribution in [0.1, 0.15) is 11.1 Å². The zero-order chi connectivity index (χ0) is 17.2. The van der Waals surface area contributed by atoms with E-state index in [9.17, 15) is 0 Å². The first-order chi connectivity index (χ1) is 12.3. The highest BCUT2D eigenvalue weighted by atomic mass is 32.2.